The highest BCUT2D eigenvalue weighted by Crippen LogP contribution is 2.45. The molecule has 2 heterocycles. The first-order chi connectivity index (χ1) is 11.6. The normalized spacial score (nSPS) is 24.7. The van der Waals surface area contributed by atoms with Crippen molar-refractivity contribution < 1.29 is 9.47 Å². The minimum Gasteiger partial charge on any atom is -0.494 e. The van der Waals surface area contributed by atoms with Crippen molar-refractivity contribution in [2.75, 3.05) is 11.5 Å². The first-order valence-corrected chi connectivity index (χ1v) is 8.63. The predicted molar refractivity (Wildman–Crippen MR) is 98.7 cm³/mol. The van der Waals surface area contributed by atoms with Gasteiger partial charge >= 0.3 is 0 Å². The second-order valence-corrected chi connectivity index (χ2v) is 6.67. The molecule has 2 aromatic carbocycles. The van der Waals surface area contributed by atoms with Gasteiger partial charge in [-0.2, -0.15) is 0 Å². The van der Waals surface area contributed by atoms with Crippen LogP contribution in [0, 0.1) is 0 Å². The first kappa shape index (κ1) is 15.3. The van der Waals surface area contributed by atoms with Gasteiger partial charge in [0.1, 0.15) is 11.5 Å². The molecule has 0 aliphatic carbocycles. The molecule has 0 unspecified atom stereocenters. The molecule has 4 rings (SSSR count). The van der Waals surface area contributed by atoms with E-state index in [0.717, 1.165) is 23.6 Å². The van der Waals surface area contributed by atoms with E-state index in [-0.39, 0.29) is 6.04 Å². The van der Waals surface area contributed by atoms with Crippen molar-refractivity contribution in [1.82, 2.24) is 5.32 Å². The Morgan fingerprint density at radius 3 is 2.75 bits per heavy atom. The third-order valence-electron chi connectivity index (χ3n) is 4.59. The molecule has 2 aromatic rings. The van der Waals surface area contributed by atoms with Gasteiger partial charge < -0.3 is 14.8 Å². The SMILES string of the molecule is CCOc1ccc(N2C(=S)N[C@@H]3C[C@@]2(C)Oc2ccccc23)cc1. The summed E-state index contributed by atoms with van der Waals surface area (Å²) in [6.45, 7) is 4.73. The number of hydrogen-bond donors (Lipinski definition) is 1. The van der Waals surface area contributed by atoms with Gasteiger partial charge in [-0.05, 0) is 56.4 Å². The molecule has 0 aromatic heterocycles. The number of fused-ring (bicyclic) bond motifs is 4. The largest absolute Gasteiger partial charge is 0.494 e. The van der Waals surface area contributed by atoms with Crippen molar-refractivity contribution in [3.05, 3.63) is 54.1 Å². The minimum atomic E-state index is -0.505. The van der Waals surface area contributed by atoms with Gasteiger partial charge in [-0.3, -0.25) is 4.90 Å². The predicted octanol–water partition coefficient (Wildman–Crippen LogP) is 4.02. The fraction of sp³-hybridized carbons (Fsp3) is 0.316. The van der Waals surface area contributed by atoms with Crippen LogP contribution in [0.1, 0.15) is 31.9 Å². The Balaban J connectivity index is 1.71. The summed E-state index contributed by atoms with van der Waals surface area (Å²) in [5, 5.41) is 4.15. The summed E-state index contributed by atoms with van der Waals surface area (Å²) in [6, 6.07) is 16.3. The maximum Gasteiger partial charge on any atom is 0.188 e. The third kappa shape index (κ3) is 2.40. The molecule has 1 fully saturated rings. The van der Waals surface area contributed by atoms with Crippen LogP contribution < -0.4 is 19.7 Å². The van der Waals surface area contributed by atoms with Gasteiger partial charge in [0.05, 0.1) is 12.6 Å². The summed E-state index contributed by atoms with van der Waals surface area (Å²) < 4.78 is 11.9. The van der Waals surface area contributed by atoms with E-state index in [1.54, 1.807) is 0 Å². The van der Waals surface area contributed by atoms with Crippen LogP contribution in [0.5, 0.6) is 11.5 Å². The molecule has 1 saturated heterocycles. The molecule has 24 heavy (non-hydrogen) atoms. The lowest BCUT2D eigenvalue weighted by Crippen LogP contribution is -2.65. The Kier molecular flexibility index (Phi) is 3.61. The lowest BCUT2D eigenvalue weighted by atomic mass is 9.90. The van der Waals surface area contributed by atoms with Gasteiger partial charge in [-0.15, -0.1) is 0 Å². The zero-order chi connectivity index (χ0) is 16.7. The molecule has 1 N–H and O–H groups in total. The van der Waals surface area contributed by atoms with Crippen LogP contribution in [0.4, 0.5) is 5.69 Å². The Hall–Kier alpha value is -2.27. The number of thiocarbonyl (C=S) groups is 1. The molecule has 2 aliphatic heterocycles. The van der Waals surface area contributed by atoms with E-state index in [0.29, 0.717) is 11.7 Å². The number of benzene rings is 2. The zero-order valence-electron chi connectivity index (χ0n) is 13.8. The molecule has 2 bridgehead atoms. The second-order valence-electron chi connectivity index (χ2n) is 6.28. The van der Waals surface area contributed by atoms with Gasteiger partial charge in [0.2, 0.25) is 0 Å². The summed E-state index contributed by atoms with van der Waals surface area (Å²) in [6.07, 6.45) is 0.831. The molecule has 0 spiro atoms. The fourth-order valence-corrected chi connectivity index (χ4v) is 4.01. The highest BCUT2D eigenvalue weighted by atomic mass is 32.1. The Morgan fingerprint density at radius 2 is 2.00 bits per heavy atom. The van der Waals surface area contributed by atoms with Crippen molar-refractivity contribution in [3.8, 4) is 11.5 Å². The van der Waals surface area contributed by atoms with Crippen LogP contribution in [-0.2, 0) is 0 Å². The Bertz CT molecular complexity index is 777. The summed E-state index contributed by atoms with van der Waals surface area (Å²) in [7, 11) is 0. The molecular formula is C19H20N2O2S. The number of anilines is 1. The molecule has 0 amide bonds. The van der Waals surface area contributed by atoms with Gasteiger partial charge in [-0.1, -0.05) is 18.2 Å². The third-order valence-corrected chi connectivity index (χ3v) is 4.89. The number of nitrogens with one attached hydrogen (secondary N) is 1. The van der Waals surface area contributed by atoms with Gasteiger partial charge in [0.15, 0.2) is 10.8 Å². The fourth-order valence-electron chi connectivity index (χ4n) is 3.57. The molecule has 4 nitrogen and oxygen atoms in total. The number of ether oxygens (including phenoxy) is 2. The number of para-hydroxylation sites is 1. The Labute approximate surface area is 147 Å². The van der Waals surface area contributed by atoms with E-state index in [1.807, 2.05) is 49.4 Å². The summed E-state index contributed by atoms with van der Waals surface area (Å²) in [4.78, 5) is 2.06. The maximum atomic E-state index is 6.37. The summed E-state index contributed by atoms with van der Waals surface area (Å²) in [5.74, 6) is 1.78. The lowest BCUT2D eigenvalue weighted by Gasteiger charge is -2.52. The van der Waals surface area contributed by atoms with Crippen LogP contribution >= 0.6 is 12.2 Å². The molecule has 5 heteroatoms. The minimum absolute atomic E-state index is 0.186. The van der Waals surface area contributed by atoms with Crippen LogP contribution in [0.15, 0.2) is 48.5 Å². The topological polar surface area (TPSA) is 33.7 Å². The first-order valence-electron chi connectivity index (χ1n) is 8.22. The van der Waals surface area contributed by atoms with Gasteiger partial charge in [-0.25, -0.2) is 0 Å². The van der Waals surface area contributed by atoms with Gasteiger partial charge in [0.25, 0.3) is 0 Å². The van der Waals surface area contributed by atoms with E-state index < -0.39 is 5.72 Å². The van der Waals surface area contributed by atoms with Crippen molar-refractivity contribution in [2.45, 2.75) is 32.0 Å². The van der Waals surface area contributed by atoms with Crippen LogP contribution in [0.3, 0.4) is 0 Å². The molecule has 2 atom stereocenters. The van der Waals surface area contributed by atoms with Crippen molar-refractivity contribution in [2.24, 2.45) is 0 Å². The monoisotopic (exact) mass is 340 g/mol. The second kappa shape index (κ2) is 5.67. The molecule has 124 valence electrons. The molecule has 0 saturated carbocycles. The zero-order valence-corrected chi connectivity index (χ0v) is 14.6. The van der Waals surface area contributed by atoms with E-state index in [4.69, 9.17) is 21.7 Å². The van der Waals surface area contributed by atoms with E-state index in [2.05, 4.69) is 23.2 Å². The van der Waals surface area contributed by atoms with E-state index in [1.165, 1.54) is 5.56 Å². The van der Waals surface area contributed by atoms with E-state index in [9.17, 15) is 0 Å². The summed E-state index contributed by atoms with van der Waals surface area (Å²) in [5.41, 5.74) is 1.66. The van der Waals surface area contributed by atoms with Crippen LogP contribution in [0.2, 0.25) is 0 Å². The average Bonchev–Trinajstić information content (AvgIpc) is 2.56. The van der Waals surface area contributed by atoms with Crippen LogP contribution in [0.25, 0.3) is 0 Å². The van der Waals surface area contributed by atoms with Crippen molar-refractivity contribution in [1.29, 1.82) is 0 Å². The molecule has 0 radical (unpaired) electrons. The summed E-state index contributed by atoms with van der Waals surface area (Å²) >= 11 is 5.65. The standard InChI is InChI=1S/C19H20N2O2S/c1-3-22-14-10-8-13(9-11-14)21-18(24)20-16-12-19(21,2)23-17-7-5-4-6-15(16)17/h4-11,16H,3,12H2,1-2H3,(H,20,24)/t16-,19-/m1/s1. The number of hydrogen-bond acceptors (Lipinski definition) is 3. The van der Waals surface area contributed by atoms with E-state index >= 15 is 0 Å². The molecular weight excluding hydrogens is 320 g/mol. The average molecular weight is 340 g/mol. The number of nitrogens with zero attached hydrogens (tertiary/aromatic N) is 1. The maximum absolute atomic E-state index is 6.37. The Morgan fingerprint density at radius 1 is 1.25 bits per heavy atom. The molecule has 2 aliphatic rings. The van der Waals surface area contributed by atoms with Crippen molar-refractivity contribution >= 4 is 23.0 Å². The number of rotatable bonds is 3. The smallest absolute Gasteiger partial charge is 0.188 e. The van der Waals surface area contributed by atoms with Crippen molar-refractivity contribution in [3.63, 3.8) is 0 Å². The lowest BCUT2D eigenvalue weighted by molar-refractivity contribution is 0.0497. The highest BCUT2D eigenvalue weighted by molar-refractivity contribution is 7.80. The van der Waals surface area contributed by atoms with Gasteiger partial charge in [0, 0.05) is 17.7 Å². The quantitative estimate of drug-likeness (QED) is 0.854. The highest BCUT2D eigenvalue weighted by Gasteiger charge is 2.48. The van der Waals surface area contributed by atoms with Crippen LogP contribution in [-0.4, -0.2) is 17.4 Å².